The molecule has 2 aromatic carbocycles. The summed E-state index contributed by atoms with van der Waals surface area (Å²) in [5, 5.41) is 63.2. The number of fused-ring (bicyclic) bond motifs is 8. The van der Waals surface area contributed by atoms with Gasteiger partial charge in [-0.3, -0.25) is 0 Å². The molecular formula is C46H54O13. The minimum absolute atomic E-state index is 0.0352. The molecule has 16 atom stereocenters. The van der Waals surface area contributed by atoms with Crippen molar-refractivity contribution in [3.8, 4) is 0 Å². The van der Waals surface area contributed by atoms with Gasteiger partial charge < -0.3 is 54.0 Å². The van der Waals surface area contributed by atoms with E-state index in [1.165, 1.54) is 12.2 Å². The molecule has 0 amide bonds. The minimum Gasteiger partial charge on any atom is -0.456 e. The molecule has 13 heteroatoms. The second kappa shape index (κ2) is 13.5. The summed E-state index contributed by atoms with van der Waals surface area (Å²) in [7, 11) is 0. The smallest absolute Gasteiger partial charge is 0.338 e. The zero-order chi connectivity index (χ0) is 41.3. The number of hydrogen-bond donors (Lipinski definition) is 5. The third-order valence-electron chi connectivity index (χ3n) is 15.9. The third-order valence-corrected chi connectivity index (χ3v) is 15.9. The number of carbonyl (C=O) groups excluding carboxylic acids is 2. The summed E-state index contributed by atoms with van der Waals surface area (Å²) in [6.07, 6.45) is 2.22. The van der Waals surface area contributed by atoms with E-state index in [9.17, 15) is 35.1 Å². The maximum atomic E-state index is 13.7. The molecule has 12 rings (SSSR count). The lowest BCUT2D eigenvalue weighted by Crippen LogP contribution is -2.89. The maximum Gasteiger partial charge on any atom is 0.338 e. The lowest BCUT2D eigenvalue weighted by molar-refractivity contribution is -0.595. The highest BCUT2D eigenvalue weighted by atomic mass is 16.9. The summed E-state index contributed by atoms with van der Waals surface area (Å²) in [5.74, 6) is -6.38. The number of esters is 2. The number of carbonyl (C=O) groups is 2. The predicted octanol–water partition coefficient (Wildman–Crippen LogP) is 3.45. The van der Waals surface area contributed by atoms with Crippen LogP contribution in [0.5, 0.6) is 0 Å². The number of allylic oxidation sites excluding steroid dienone is 2. The highest BCUT2D eigenvalue weighted by Gasteiger charge is 2.91. The molecule has 8 fully saturated rings. The first-order valence-corrected chi connectivity index (χ1v) is 21.2. The van der Waals surface area contributed by atoms with E-state index in [2.05, 4.69) is 0 Å². The number of aliphatic hydroxyl groups is 5. The van der Waals surface area contributed by atoms with Crippen LogP contribution in [-0.2, 0) is 39.2 Å². The average Bonchev–Trinajstić information content (AvgIpc) is 3.92. The van der Waals surface area contributed by atoms with Crippen molar-refractivity contribution in [3.63, 3.8) is 0 Å². The second-order valence-corrected chi connectivity index (χ2v) is 18.9. The summed E-state index contributed by atoms with van der Waals surface area (Å²) in [6, 6.07) is 17.8. The molecular weight excluding hydrogens is 760 g/mol. The molecule has 0 radical (unpaired) electrons. The molecule has 4 saturated carbocycles. The van der Waals surface area contributed by atoms with Gasteiger partial charge in [0.05, 0.1) is 23.4 Å². The zero-order valence-electron chi connectivity index (χ0n) is 33.5. The van der Waals surface area contributed by atoms with Crippen LogP contribution in [0.3, 0.4) is 0 Å². The highest BCUT2D eigenvalue weighted by molar-refractivity contribution is 5.89. The first-order chi connectivity index (χ1) is 28.2. The Balaban J connectivity index is 1.11. The standard InChI is InChI=1S/C46H54O13/c1-25-22-32-43(52)35(25)55-33(48)17-11-10-16-31(54-39(49)29-12-6-4-7-13-29)28-20-18-27(19-21-28)23-41(3,51)45(53)36-26(2)44(32)34(37-42(24-47,56-37)40(43)50)38(45)58-46(57-36,59-44)30-14-8-5-9-15-30/h4-17,25-28,31-32,34-38,40,47,50-53H,18-24H2,1-3H3/b16-10-,17-11+/t25-,26+,27?,28?,31+,32+,34-,35-,36-,37-,38+,40+,41+,42-,43+,44-,45-,46-/m0/s1. The molecule has 316 valence electrons. The van der Waals surface area contributed by atoms with Crippen LogP contribution in [0, 0.1) is 35.5 Å². The van der Waals surface area contributed by atoms with E-state index in [-0.39, 0.29) is 24.7 Å². The van der Waals surface area contributed by atoms with E-state index in [1.807, 2.05) is 38.1 Å². The second-order valence-electron chi connectivity index (χ2n) is 18.9. The summed E-state index contributed by atoms with van der Waals surface area (Å²) in [4.78, 5) is 27.0. The van der Waals surface area contributed by atoms with Crippen LogP contribution < -0.4 is 0 Å². The number of hydrogen-bond acceptors (Lipinski definition) is 13. The van der Waals surface area contributed by atoms with Gasteiger partial charge in [0.25, 0.3) is 0 Å². The van der Waals surface area contributed by atoms with Crippen LogP contribution in [0.15, 0.2) is 85.0 Å². The number of ether oxygens (including phenoxy) is 6. The summed E-state index contributed by atoms with van der Waals surface area (Å²) in [5.41, 5.74) is -8.37. The minimum atomic E-state index is -2.22. The van der Waals surface area contributed by atoms with Gasteiger partial charge >= 0.3 is 17.9 Å². The van der Waals surface area contributed by atoms with Gasteiger partial charge in [0.1, 0.15) is 53.4 Å². The first kappa shape index (κ1) is 39.6. The number of epoxide rings is 1. The molecule has 10 aliphatic rings. The molecule has 0 aromatic heterocycles. The average molecular weight is 815 g/mol. The van der Waals surface area contributed by atoms with Crippen LogP contribution in [0.1, 0.15) is 75.2 Å². The van der Waals surface area contributed by atoms with E-state index < -0.39 is 113 Å². The molecule has 0 unspecified atom stereocenters. The summed E-state index contributed by atoms with van der Waals surface area (Å²) in [6.45, 7) is 4.62. The van der Waals surface area contributed by atoms with Crippen molar-refractivity contribution in [3.05, 3.63) is 96.1 Å². The van der Waals surface area contributed by atoms with Gasteiger partial charge in [-0.1, -0.05) is 74.5 Å². The number of aliphatic hydroxyl groups excluding tert-OH is 2. The van der Waals surface area contributed by atoms with Gasteiger partial charge in [-0.05, 0) is 81.4 Å². The van der Waals surface area contributed by atoms with E-state index >= 15 is 0 Å². The van der Waals surface area contributed by atoms with Gasteiger partial charge in [0, 0.05) is 29.4 Å². The molecule has 6 heterocycles. The van der Waals surface area contributed by atoms with Crippen molar-refractivity contribution in [1.29, 1.82) is 0 Å². The van der Waals surface area contributed by atoms with Crippen molar-refractivity contribution in [2.45, 2.75) is 130 Å². The predicted molar refractivity (Wildman–Crippen MR) is 207 cm³/mol. The topological polar surface area (TPSA) is 194 Å². The molecule has 6 aliphatic heterocycles. The Kier molecular flexibility index (Phi) is 9.07. The Bertz CT molecular complexity index is 2030. The fourth-order valence-electron chi connectivity index (χ4n) is 13.0. The third kappa shape index (κ3) is 5.35. The fraction of sp³-hybridized carbons (Fsp3) is 0.609. The Hall–Kier alpha value is -3.50. The van der Waals surface area contributed by atoms with Crippen molar-refractivity contribution < 1.29 is 63.5 Å². The van der Waals surface area contributed by atoms with E-state index in [0.717, 1.165) is 0 Å². The summed E-state index contributed by atoms with van der Waals surface area (Å²) < 4.78 is 39.5. The first-order valence-electron chi connectivity index (χ1n) is 21.2. The van der Waals surface area contributed by atoms with E-state index in [4.69, 9.17) is 28.4 Å². The lowest BCUT2D eigenvalue weighted by Gasteiger charge is -2.74. The molecule has 2 aromatic rings. The number of benzene rings is 2. The van der Waals surface area contributed by atoms with Crippen LogP contribution in [0.25, 0.3) is 0 Å². The normalized spacial score (nSPS) is 51.7. The molecule has 5 N–H and O–H groups in total. The van der Waals surface area contributed by atoms with Crippen molar-refractivity contribution >= 4 is 11.9 Å². The van der Waals surface area contributed by atoms with Crippen LogP contribution in [-0.4, -0.2) is 109 Å². The largest absolute Gasteiger partial charge is 0.456 e. The maximum absolute atomic E-state index is 13.7. The molecule has 10 bridgehead atoms. The van der Waals surface area contributed by atoms with Gasteiger partial charge in [-0.25, -0.2) is 9.59 Å². The van der Waals surface area contributed by atoms with Crippen LogP contribution >= 0.6 is 0 Å². The highest BCUT2D eigenvalue weighted by Crippen LogP contribution is 2.75. The quantitative estimate of drug-likeness (QED) is 0.223. The molecule has 1 spiro atoms. The SMILES string of the molecule is C[C@@H]1[C@@H]2O[C@@]3(c4ccccc4)O[C@@H]4[C@@H]5[C@@H]6O[C@]6(CO)[C@@H](O)[C@@]6(O)[C@@H](C[C@H](C)[C@@H]6OC(=O)/C=C/C=C\[C@@H](OC(=O)c6ccccc6)C6CCC(CC6)C[C@@](C)(O)[C@@]42O)[C@]51O3. The van der Waals surface area contributed by atoms with Gasteiger partial charge in [0.2, 0.25) is 0 Å². The van der Waals surface area contributed by atoms with E-state index in [0.29, 0.717) is 36.8 Å². The fourth-order valence-corrected chi connectivity index (χ4v) is 13.0. The Labute approximate surface area is 342 Å². The Morgan fingerprint density at radius 1 is 0.864 bits per heavy atom. The molecule has 4 saturated heterocycles. The van der Waals surface area contributed by atoms with E-state index in [1.54, 1.807) is 55.5 Å². The zero-order valence-corrected chi connectivity index (χ0v) is 33.5. The monoisotopic (exact) mass is 814 g/mol. The van der Waals surface area contributed by atoms with Crippen molar-refractivity contribution in [2.75, 3.05) is 6.61 Å². The summed E-state index contributed by atoms with van der Waals surface area (Å²) >= 11 is 0. The van der Waals surface area contributed by atoms with Crippen molar-refractivity contribution in [2.24, 2.45) is 35.5 Å². The molecule has 4 aliphatic carbocycles. The Morgan fingerprint density at radius 3 is 2.24 bits per heavy atom. The van der Waals surface area contributed by atoms with Crippen LogP contribution in [0.4, 0.5) is 0 Å². The number of rotatable bonds is 4. The lowest BCUT2D eigenvalue weighted by atomic mass is 9.49. The Morgan fingerprint density at radius 2 is 1.54 bits per heavy atom. The van der Waals surface area contributed by atoms with Gasteiger partial charge in [0.15, 0.2) is 0 Å². The molecule has 59 heavy (non-hydrogen) atoms. The van der Waals surface area contributed by atoms with Gasteiger partial charge in [-0.15, -0.1) is 0 Å². The molecule has 13 nitrogen and oxygen atoms in total. The van der Waals surface area contributed by atoms with Crippen molar-refractivity contribution in [1.82, 2.24) is 0 Å². The van der Waals surface area contributed by atoms with Gasteiger partial charge in [-0.2, -0.15) is 0 Å². The van der Waals surface area contributed by atoms with Crippen LogP contribution in [0.2, 0.25) is 0 Å².